The molecule has 0 radical (unpaired) electrons. The van der Waals surface area contributed by atoms with Crippen molar-refractivity contribution in [1.82, 2.24) is 0 Å². The van der Waals surface area contributed by atoms with Gasteiger partial charge in [-0.2, -0.15) is 0 Å². The maximum Gasteiger partial charge on any atom is 0.320 e. The minimum Gasteiger partial charge on any atom is -0.497 e. The van der Waals surface area contributed by atoms with Gasteiger partial charge >= 0.3 is 5.97 Å². The van der Waals surface area contributed by atoms with E-state index in [1.807, 2.05) is 0 Å². The molecule has 0 aliphatic rings. The molecule has 0 heterocycles. The van der Waals surface area contributed by atoms with Gasteiger partial charge in [0.1, 0.15) is 17.6 Å². The summed E-state index contributed by atoms with van der Waals surface area (Å²) < 4.78 is 18.1. The highest BCUT2D eigenvalue weighted by Gasteiger charge is 2.15. The Morgan fingerprint density at radius 2 is 2.33 bits per heavy atom. The summed E-state index contributed by atoms with van der Waals surface area (Å²) in [6, 6.07) is 3.03. The molecule has 82 valence electrons. The Kier molecular flexibility index (Phi) is 3.62. The highest BCUT2D eigenvalue weighted by Crippen LogP contribution is 2.17. The molecular formula is C10H12FNO3. The molecule has 1 aromatic carbocycles. The molecule has 1 atom stereocenters. The smallest absolute Gasteiger partial charge is 0.320 e. The van der Waals surface area contributed by atoms with E-state index in [1.54, 1.807) is 0 Å². The Morgan fingerprint density at radius 1 is 1.67 bits per heavy atom. The average molecular weight is 213 g/mol. The highest BCUT2D eigenvalue weighted by atomic mass is 19.1. The molecule has 0 aliphatic carbocycles. The van der Waals surface area contributed by atoms with Gasteiger partial charge in [-0.05, 0) is 23.8 Å². The van der Waals surface area contributed by atoms with Gasteiger partial charge in [0, 0.05) is 6.42 Å². The number of hydrogen-bond acceptors (Lipinski definition) is 3. The molecule has 0 bridgehead atoms. The van der Waals surface area contributed by atoms with Gasteiger partial charge in [0.05, 0.1) is 7.11 Å². The van der Waals surface area contributed by atoms with E-state index >= 15 is 0 Å². The minimum absolute atomic E-state index is 0.0572. The Labute approximate surface area is 86.5 Å². The molecule has 0 unspecified atom stereocenters. The molecule has 5 heteroatoms. The molecular weight excluding hydrogens is 201 g/mol. The van der Waals surface area contributed by atoms with E-state index in [-0.39, 0.29) is 12.0 Å². The van der Waals surface area contributed by atoms with E-state index in [2.05, 4.69) is 0 Å². The Hall–Kier alpha value is -1.62. The third-order valence-electron chi connectivity index (χ3n) is 2.01. The van der Waals surface area contributed by atoms with Crippen LogP contribution in [0.3, 0.4) is 0 Å². The third-order valence-corrected chi connectivity index (χ3v) is 2.01. The molecule has 15 heavy (non-hydrogen) atoms. The van der Waals surface area contributed by atoms with Crippen LogP contribution in [-0.2, 0) is 11.2 Å². The van der Waals surface area contributed by atoms with Gasteiger partial charge in [-0.15, -0.1) is 0 Å². The molecule has 0 fully saturated rings. The fraction of sp³-hybridized carbons (Fsp3) is 0.300. The minimum atomic E-state index is -1.16. The first-order chi connectivity index (χ1) is 7.04. The maximum absolute atomic E-state index is 13.2. The third kappa shape index (κ3) is 2.92. The largest absolute Gasteiger partial charge is 0.497 e. The van der Waals surface area contributed by atoms with E-state index in [1.165, 1.54) is 25.3 Å². The van der Waals surface area contributed by atoms with Crippen LogP contribution >= 0.6 is 0 Å². The lowest BCUT2D eigenvalue weighted by molar-refractivity contribution is -0.138. The number of carbonyl (C=O) groups is 1. The van der Waals surface area contributed by atoms with E-state index in [9.17, 15) is 9.18 Å². The van der Waals surface area contributed by atoms with Crippen molar-refractivity contribution < 1.29 is 19.0 Å². The van der Waals surface area contributed by atoms with E-state index in [4.69, 9.17) is 15.6 Å². The standard InChI is InChI=1S/C10H12FNO3/c1-15-7-2-3-8(11)6(4-7)5-9(12)10(13)14/h2-4,9H,5,12H2,1H3,(H,13,14)/t9-/m1/s1. The number of carboxylic acids is 1. The van der Waals surface area contributed by atoms with E-state index in [0.717, 1.165) is 0 Å². The highest BCUT2D eigenvalue weighted by molar-refractivity contribution is 5.73. The van der Waals surface area contributed by atoms with Crippen LogP contribution in [0.25, 0.3) is 0 Å². The molecule has 0 spiro atoms. The molecule has 1 aromatic rings. The van der Waals surface area contributed by atoms with Crippen LogP contribution in [0, 0.1) is 5.82 Å². The van der Waals surface area contributed by atoms with Crippen LogP contribution < -0.4 is 10.5 Å². The predicted molar refractivity (Wildman–Crippen MR) is 52.3 cm³/mol. The normalized spacial score (nSPS) is 12.2. The lowest BCUT2D eigenvalue weighted by Gasteiger charge is -2.08. The summed E-state index contributed by atoms with van der Waals surface area (Å²) in [4.78, 5) is 10.5. The number of halogens is 1. The fourth-order valence-corrected chi connectivity index (χ4v) is 1.16. The van der Waals surface area contributed by atoms with Gasteiger partial charge in [-0.3, -0.25) is 4.79 Å². The summed E-state index contributed by atoms with van der Waals surface area (Å²) in [6.07, 6.45) is -0.0572. The first kappa shape index (κ1) is 11.5. The van der Waals surface area contributed by atoms with Crippen molar-refractivity contribution in [3.05, 3.63) is 29.6 Å². The zero-order valence-corrected chi connectivity index (χ0v) is 8.24. The van der Waals surface area contributed by atoms with Crippen LogP contribution in [-0.4, -0.2) is 24.2 Å². The van der Waals surface area contributed by atoms with Crippen molar-refractivity contribution in [2.24, 2.45) is 5.73 Å². The van der Waals surface area contributed by atoms with E-state index < -0.39 is 17.8 Å². The monoisotopic (exact) mass is 213 g/mol. The zero-order chi connectivity index (χ0) is 11.4. The number of methoxy groups -OCH3 is 1. The SMILES string of the molecule is COc1ccc(F)c(C[C@@H](N)C(=O)O)c1. The number of nitrogens with two attached hydrogens (primary N) is 1. The summed E-state index contributed by atoms with van der Waals surface area (Å²) in [6.45, 7) is 0. The first-order valence-electron chi connectivity index (χ1n) is 4.35. The number of carboxylic acid groups (broad SMARTS) is 1. The summed E-state index contributed by atoms with van der Waals surface area (Å²) >= 11 is 0. The van der Waals surface area contributed by atoms with Crippen LogP contribution in [0.4, 0.5) is 4.39 Å². The van der Waals surface area contributed by atoms with Gasteiger partial charge < -0.3 is 15.6 Å². The van der Waals surface area contributed by atoms with Gasteiger partial charge in [-0.25, -0.2) is 4.39 Å². The molecule has 1 rings (SSSR count). The van der Waals surface area contributed by atoms with Crippen LogP contribution in [0.2, 0.25) is 0 Å². The number of hydrogen-bond donors (Lipinski definition) is 2. The molecule has 4 nitrogen and oxygen atoms in total. The number of rotatable bonds is 4. The average Bonchev–Trinajstić information content (AvgIpc) is 2.21. The van der Waals surface area contributed by atoms with Crippen molar-refractivity contribution in [2.45, 2.75) is 12.5 Å². The van der Waals surface area contributed by atoms with E-state index in [0.29, 0.717) is 5.75 Å². The molecule has 0 aromatic heterocycles. The zero-order valence-electron chi connectivity index (χ0n) is 8.24. The topological polar surface area (TPSA) is 72.5 Å². The van der Waals surface area contributed by atoms with Crippen molar-refractivity contribution in [3.8, 4) is 5.75 Å². The molecule has 0 amide bonds. The van der Waals surface area contributed by atoms with Gasteiger partial charge in [0.2, 0.25) is 0 Å². The lowest BCUT2D eigenvalue weighted by Crippen LogP contribution is -2.32. The summed E-state index contributed by atoms with van der Waals surface area (Å²) in [5.41, 5.74) is 5.54. The van der Waals surface area contributed by atoms with Crippen molar-refractivity contribution >= 4 is 5.97 Å². The first-order valence-corrected chi connectivity index (χ1v) is 4.35. The quantitative estimate of drug-likeness (QED) is 0.775. The second-order valence-electron chi connectivity index (χ2n) is 3.11. The van der Waals surface area contributed by atoms with Crippen LogP contribution in [0.5, 0.6) is 5.75 Å². The van der Waals surface area contributed by atoms with Gasteiger partial charge in [0.15, 0.2) is 0 Å². The van der Waals surface area contributed by atoms with Crippen LogP contribution in [0.1, 0.15) is 5.56 Å². The summed E-state index contributed by atoms with van der Waals surface area (Å²) in [5.74, 6) is -1.16. The molecule has 0 saturated carbocycles. The Morgan fingerprint density at radius 3 is 2.87 bits per heavy atom. The summed E-state index contributed by atoms with van der Waals surface area (Å²) in [5, 5.41) is 8.58. The van der Waals surface area contributed by atoms with Gasteiger partial charge in [-0.1, -0.05) is 0 Å². The molecule has 3 N–H and O–H groups in total. The number of aliphatic carboxylic acids is 1. The van der Waals surface area contributed by atoms with Crippen molar-refractivity contribution in [1.29, 1.82) is 0 Å². The number of ether oxygens (including phenoxy) is 1. The van der Waals surface area contributed by atoms with Crippen LogP contribution in [0.15, 0.2) is 18.2 Å². The van der Waals surface area contributed by atoms with Crippen molar-refractivity contribution in [2.75, 3.05) is 7.11 Å². The second kappa shape index (κ2) is 4.75. The molecule has 0 aliphatic heterocycles. The second-order valence-corrected chi connectivity index (χ2v) is 3.11. The Balaban J connectivity index is 2.88. The van der Waals surface area contributed by atoms with Gasteiger partial charge in [0.25, 0.3) is 0 Å². The fourth-order valence-electron chi connectivity index (χ4n) is 1.16. The maximum atomic E-state index is 13.2. The Bertz CT molecular complexity index is 368. The molecule has 0 saturated heterocycles. The van der Waals surface area contributed by atoms with Crippen molar-refractivity contribution in [3.63, 3.8) is 0 Å². The lowest BCUT2D eigenvalue weighted by atomic mass is 10.1. The predicted octanol–water partition coefficient (Wildman–Crippen LogP) is 0.789. The summed E-state index contributed by atoms with van der Waals surface area (Å²) in [7, 11) is 1.45. The number of benzene rings is 1.